The smallest absolute Gasteiger partial charge is 0.260 e. The molecule has 8 heteroatoms. The molecule has 2 N–H and O–H groups in total. The Morgan fingerprint density at radius 1 is 1.03 bits per heavy atom. The van der Waals surface area contributed by atoms with E-state index in [1.807, 2.05) is 51.5 Å². The maximum absolute atomic E-state index is 13.0. The molecule has 0 saturated heterocycles. The molecule has 0 bridgehead atoms. The van der Waals surface area contributed by atoms with Crippen LogP contribution < -0.4 is 10.6 Å². The Hall–Kier alpha value is -2.71. The van der Waals surface area contributed by atoms with Crippen LogP contribution in [0, 0.1) is 12.3 Å². The summed E-state index contributed by atoms with van der Waals surface area (Å²) in [6, 6.07) is 11.0. The number of nitrogens with zero attached hydrogens (tertiary/aromatic N) is 2. The standard InChI is InChI=1S/C22H24N4O2S2/c1-13-17(20(29-5)26-18(23-13)16-10-7-11-30-16)19(27)24-14-8-6-9-15(12-14)25-21(28)22(2,3)4/h6-12H,1-5H3,(H,24,27)(H,25,28). The lowest BCUT2D eigenvalue weighted by molar-refractivity contribution is -0.123. The summed E-state index contributed by atoms with van der Waals surface area (Å²) in [6.07, 6.45) is 1.89. The summed E-state index contributed by atoms with van der Waals surface area (Å²) in [5.41, 5.74) is 1.77. The van der Waals surface area contributed by atoms with Gasteiger partial charge in [-0.3, -0.25) is 9.59 Å². The van der Waals surface area contributed by atoms with Crippen LogP contribution in [0.1, 0.15) is 36.8 Å². The predicted molar refractivity (Wildman–Crippen MR) is 124 cm³/mol. The van der Waals surface area contributed by atoms with E-state index in [2.05, 4.69) is 20.6 Å². The third-order valence-electron chi connectivity index (χ3n) is 4.28. The number of aryl methyl sites for hydroxylation is 1. The molecule has 0 saturated carbocycles. The van der Waals surface area contributed by atoms with Crippen LogP contribution in [0.25, 0.3) is 10.7 Å². The molecule has 0 unspecified atom stereocenters. The Morgan fingerprint density at radius 3 is 2.33 bits per heavy atom. The Balaban J connectivity index is 1.84. The van der Waals surface area contributed by atoms with E-state index < -0.39 is 5.41 Å². The van der Waals surface area contributed by atoms with Gasteiger partial charge in [0, 0.05) is 16.8 Å². The fraction of sp³-hybridized carbons (Fsp3) is 0.273. The van der Waals surface area contributed by atoms with Gasteiger partial charge in [-0.2, -0.15) is 0 Å². The normalized spacial score (nSPS) is 11.2. The van der Waals surface area contributed by atoms with Crippen LogP contribution in [0.4, 0.5) is 11.4 Å². The van der Waals surface area contributed by atoms with Gasteiger partial charge in [0.25, 0.3) is 5.91 Å². The first-order valence-corrected chi connectivity index (χ1v) is 11.5. The van der Waals surface area contributed by atoms with Gasteiger partial charge in [0.1, 0.15) is 5.03 Å². The number of thiophene rings is 1. The quantitative estimate of drug-likeness (QED) is 0.406. The summed E-state index contributed by atoms with van der Waals surface area (Å²) < 4.78 is 0. The maximum atomic E-state index is 13.0. The average Bonchev–Trinajstić information content (AvgIpc) is 3.21. The van der Waals surface area contributed by atoms with E-state index in [1.54, 1.807) is 35.6 Å². The molecule has 1 aromatic carbocycles. The van der Waals surface area contributed by atoms with Gasteiger partial charge >= 0.3 is 0 Å². The molecule has 0 atom stereocenters. The topological polar surface area (TPSA) is 84.0 Å². The molecule has 0 spiro atoms. The Bertz CT molecular complexity index is 1070. The van der Waals surface area contributed by atoms with Crippen molar-refractivity contribution in [2.24, 2.45) is 5.41 Å². The van der Waals surface area contributed by atoms with Crippen molar-refractivity contribution in [3.05, 3.63) is 53.0 Å². The summed E-state index contributed by atoms with van der Waals surface area (Å²) in [4.78, 5) is 35.3. The fourth-order valence-corrected chi connectivity index (χ4v) is 3.94. The number of carbonyl (C=O) groups excluding carboxylic acids is 2. The first-order chi connectivity index (χ1) is 14.2. The number of thioether (sulfide) groups is 1. The van der Waals surface area contributed by atoms with Gasteiger partial charge in [0.15, 0.2) is 5.82 Å². The van der Waals surface area contributed by atoms with E-state index in [9.17, 15) is 9.59 Å². The Kier molecular flexibility index (Phi) is 6.58. The largest absolute Gasteiger partial charge is 0.326 e. The van der Waals surface area contributed by atoms with Crippen molar-refractivity contribution < 1.29 is 9.59 Å². The minimum absolute atomic E-state index is 0.0935. The SMILES string of the molecule is CSc1nc(-c2cccs2)nc(C)c1C(=O)Nc1cccc(NC(=O)C(C)(C)C)c1. The summed E-state index contributed by atoms with van der Waals surface area (Å²) in [5, 5.41) is 8.37. The third kappa shape index (κ3) is 5.06. The van der Waals surface area contributed by atoms with Crippen LogP contribution in [0.5, 0.6) is 0 Å². The van der Waals surface area contributed by atoms with Crippen molar-refractivity contribution in [2.75, 3.05) is 16.9 Å². The second-order valence-electron chi connectivity index (χ2n) is 7.73. The van der Waals surface area contributed by atoms with Crippen LogP contribution in [0.15, 0.2) is 46.8 Å². The molecular formula is C22H24N4O2S2. The van der Waals surface area contributed by atoms with Gasteiger partial charge in [0.05, 0.1) is 16.1 Å². The number of benzene rings is 1. The lowest BCUT2D eigenvalue weighted by Gasteiger charge is -2.18. The summed E-state index contributed by atoms with van der Waals surface area (Å²) in [7, 11) is 0. The van der Waals surface area contributed by atoms with E-state index in [0.29, 0.717) is 33.5 Å². The van der Waals surface area contributed by atoms with Crippen LogP contribution in [-0.2, 0) is 4.79 Å². The minimum atomic E-state index is -0.509. The van der Waals surface area contributed by atoms with Crippen molar-refractivity contribution in [1.82, 2.24) is 9.97 Å². The van der Waals surface area contributed by atoms with Crippen LogP contribution in [-0.4, -0.2) is 28.0 Å². The molecule has 0 aliphatic heterocycles. The predicted octanol–water partition coefficient (Wildman–Crippen LogP) is 5.47. The van der Waals surface area contributed by atoms with Gasteiger partial charge in [0.2, 0.25) is 5.91 Å². The lowest BCUT2D eigenvalue weighted by Crippen LogP contribution is -2.27. The van der Waals surface area contributed by atoms with E-state index in [0.717, 1.165) is 4.88 Å². The Morgan fingerprint density at radius 2 is 1.73 bits per heavy atom. The fourth-order valence-electron chi connectivity index (χ4n) is 2.66. The van der Waals surface area contributed by atoms with Gasteiger partial charge < -0.3 is 10.6 Å². The van der Waals surface area contributed by atoms with Crippen molar-refractivity contribution in [2.45, 2.75) is 32.7 Å². The number of hydrogen-bond acceptors (Lipinski definition) is 6. The minimum Gasteiger partial charge on any atom is -0.326 e. The van der Waals surface area contributed by atoms with Gasteiger partial charge in [-0.1, -0.05) is 32.9 Å². The lowest BCUT2D eigenvalue weighted by atomic mass is 9.95. The zero-order valence-electron chi connectivity index (χ0n) is 17.6. The van der Waals surface area contributed by atoms with Crippen LogP contribution in [0.2, 0.25) is 0 Å². The number of nitrogens with one attached hydrogen (secondary N) is 2. The Labute approximate surface area is 184 Å². The number of anilines is 2. The van der Waals surface area contributed by atoms with Gasteiger partial charge in [-0.25, -0.2) is 9.97 Å². The zero-order valence-corrected chi connectivity index (χ0v) is 19.2. The highest BCUT2D eigenvalue weighted by atomic mass is 32.2. The van der Waals surface area contributed by atoms with E-state index in [1.165, 1.54) is 11.8 Å². The zero-order chi connectivity index (χ0) is 21.9. The average molecular weight is 441 g/mol. The van der Waals surface area contributed by atoms with Crippen molar-refractivity contribution in [1.29, 1.82) is 0 Å². The van der Waals surface area contributed by atoms with E-state index in [4.69, 9.17) is 0 Å². The molecule has 0 aliphatic rings. The number of carbonyl (C=O) groups is 2. The molecule has 156 valence electrons. The van der Waals surface area contributed by atoms with Crippen LogP contribution in [0.3, 0.4) is 0 Å². The second-order valence-corrected chi connectivity index (χ2v) is 9.48. The molecule has 2 amide bonds. The highest BCUT2D eigenvalue weighted by Gasteiger charge is 2.22. The molecule has 2 heterocycles. The summed E-state index contributed by atoms with van der Waals surface area (Å²) >= 11 is 2.97. The maximum Gasteiger partial charge on any atom is 0.260 e. The van der Waals surface area contributed by atoms with Crippen molar-refractivity contribution in [3.8, 4) is 10.7 Å². The molecule has 3 rings (SSSR count). The number of rotatable bonds is 5. The second kappa shape index (κ2) is 8.97. The molecule has 2 aromatic heterocycles. The van der Waals surface area contributed by atoms with E-state index >= 15 is 0 Å². The van der Waals surface area contributed by atoms with E-state index in [-0.39, 0.29) is 11.8 Å². The van der Waals surface area contributed by atoms with Gasteiger partial charge in [-0.15, -0.1) is 23.1 Å². The molecular weight excluding hydrogens is 416 g/mol. The van der Waals surface area contributed by atoms with Crippen molar-refractivity contribution >= 4 is 46.3 Å². The number of aromatic nitrogens is 2. The molecule has 30 heavy (non-hydrogen) atoms. The molecule has 0 fully saturated rings. The monoisotopic (exact) mass is 440 g/mol. The summed E-state index contributed by atoms with van der Waals surface area (Å²) in [6.45, 7) is 7.36. The number of hydrogen-bond donors (Lipinski definition) is 2. The van der Waals surface area contributed by atoms with Crippen LogP contribution >= 0.6 is 23.1 Å². The third-order valence-corrected chi connectivity index (χ3v) is 5.83. The molecule has 3 aromatic rings. The summed E-state index contributed by atoms with van der Waals surface area (Å²) in [5.74, 6) is 0.244. The molecule has 6 nitrogen and oxygen atoms in total. The highest BCUT2D eigenvalue weighted by Crippen LogP contribution is 2.28. The number of amides is 2. The van der Waals surface area contributed by atoms with Gasteiger partial charge in [-0.05, 0) is 42.8 Å². The highest BCUT2D eigenvalue weighted by molar-refractivity contribution is 7.98. The molecule has 0 aliphatic carbocycles. The first kappa shape index (κ1) is 22.0. The van der Waals surface area contributed by atoms with Crippen molar-refractivity contribution in [3.63, 3.8) is 0 Å². The first-order valence-electron chi connectivity index (χ1n) is 9.38. The molecule has 0 radical (unpaired) electrons.